The van der Waals surface area contributed by atoms with Crippen LogP contribution in [-0.2, 0) is 23.7 Å². The second-order valence-electron chi connectivity index (χ2n) is 15.7. The molecule has 16 N–H and O–H groups in total. The molecule has 0 amide bonds. The van der Waals surface area contributed by atoms with Crippen LogP contribution in [0.1, 0.15) is 0 Å². The zero-order valence-corrected chi connectivity index (χ0v) is 33.6. The third-order valence-corrected chi connectivity index (χ3v) is 11.4. The minimum Gasteiger partial charge on any atom is -0.507 e. The number of ether oxygens (including phenoxy) is 8. The van der Waals surface area contributed by atoms with Gasteiger partial charge in [-0.3, -0.25) is 4.79 Å². The molecule has 5 heterocycles. The van der Waals surface area contributed by atoms with E-state index < -0.39 is 183 Å². The van der Waals surface area contributed by atoms with E-state index in [4.69, 9.17) is 42.3 Å². The molecule has 65 heavy (non-hydrogen) atoms. The third-order valence-electron chi connectivity index (χ3n) is 11.4. The molecule has 0 aliphatic carbocycles. The maximum atomic E-state index is 14.4. The molecule has 0 bridgehead atoms. The van der Waals surface area contributed by atoms with Gasteiger partial charge in [-0.1, -0.05) is 0 Å². The van der Waals surface area contributed by atoms with Gasteiger partial charge in [-0.15, -0.1) is 0 Å². The third kappa shape index (κ3) is 9.62. The highest BCUT2D eigenvalue weighted by Crippen LogP contribution is 2.39. The summed E-state index contributed by atoms with van der Waals surface area (Å²) < 4.78 is 50.5. The van der Waals surface area contributed by atoms with Gasteiger partial charge in [0.05, 0.1) is 26.4 Å². The highest BCUT2D eigenvalue weighted by atomic mass is 16.7. The van der Waals surface area contributed by atoms with Crippen molar-refractivity contribution in [2.45, 2.75) is 123 Å². The lowest BCUT2D eigenvalue weighted by Crippen LogP contribution is -2.62. The largest absolute Gasteiger partial charge is 0.507 e. The lowest BCUT2D eigenvalue weighted by molar-refractivity contribution is -0.323. The van der Waals surface area contributed by atoms with Crippen LogP contribution in [0.5, 0.6) is 23.0 Å². The van der Waals surface area contributed by atoms with Crippen LogP contribution < -0.4 is 19.6 Å². The van der Waals surface area contributed by atoms with Crippen molar-refractivity contribution in [3.05, 3.63) is 46.6 Å². The molecule has 4 fully saturated rings. The standard InChI is InChI=1S/C39H50O26/c40-7-16-21(44)26(49)30(53)36(61-16)57-10-19-24(47)29(52)33(56)39(64-19)65-35-25(48)20-14(43)5-13(59-38-32(55)28(51)23(46)18(9-42)63-38)6-15(20)60-34(35)11-1-3-12(4-2-11)58-37-31(54)27(50)22(45)17(8-41)62-37/h1-6,16-19,21-24,26-33,36-47,49-56H,7-10H2/t16-,17-,18-,19-,21-,22-,23-,24-,26-,27-,28-,29-,30+,31-,32-,33-,36+,37-,38-,39-/m0/s1. The minimum atomic E-state index is -2.12. The second-order valence-corrected chi connectivity index (χ2v) is 15.7. The van der Waals surface area contributed by atoms with Gasteiger partial charge in [-0.25, -0.2) is 0 Å². The molecule has 0 spiro atoms. The molecular weight excluding hydrogens is 884 g/mol. The molecule has 3 aromatic rings. The highest BCUT2D eigenvalue weighted by Gasteiger charge is 2.49. The summed E-state index contributed by atoms with van der Waals surface area (Å²) in [7, 11) is 0. The van der Waals surface area contributed by atoms with Gasteiger partial charge in [0.15, 0.2) is 12.1 Å². The van der Waals surface area contributed by atoms with E-state index in [9.17, 15) is 86.5 Å². The van der Waals surface area contributed by atoms with Gasteiger partial charge in [0.1, 0.15) is 126 Å². The molecular formula is C39H50O26. The number of aliphatic hydroxyl groups excluding tert-OH is 15. The molecule has 0 radical (unpaired) electrons. The lowest BCUT2D eigenvalue weighted by Gasteiger charge is -2.42. The van der Waals surface area contributed by atoms with Crippen molar-refractivity contribution in [3.63, 3.8) is 0 Å². The summed E-state index contributed by atoms with van der Waals surface area (Å²) in [5.41, 5.74) is -1.59. The molecule has 362 valence electrons. The van der Waals surface area contributed by atoms with E-state index in [0.717, 1.165) is 12.1 Å². The molecule has 7 rings (SSSR count). The first kappa shape index (κ1) is 49.0. The number of phenolic OH excluding ortho intramolecular Hbond substituents is 1. The Hall–Kier alpha value is -3.95. The number of hydrogen-bond acceptors (Lipinski definition) is 26. The van der Waals surface area contributed by atoms with Crippen LogP contribution in [0.15, 0.2) is 45.6 Å². The smallest absolute Gasteiger partial charge is 0.239 e. The van der Waals surface area contributed by atoms with E-state index in [-0.39, 0.29) is 17.1 Å². The molecule has 1 aromatic heterocycles. The summed E-state index contributed by atoms with van der Waals surface area (Å²) in [6, 6.07) is 7.02. The Balaban J connectivity index is 1.22. The van der Waals surface area contributed by atoms with Gasteiger partial charge in [0.2, 0.25) is 30.0 Å². The van der Waals surface area contributed by atoms with Crippen molar-refractivity contribution in [3.8, 4) is 34.3 Å². The normalized spacial score (nSPS) is 40.1. The van der Waals surface area contributed by atoms with Gasteiger partial charge in [-0.05, 0) is 24.3 Å². The quantitative estimate of drug-likeness (QED) is 0.0757. The molecule has 20 atom stereocenters. The zero-order chi connectivity index (χ0) is 47.2. The summed E-state index contributed by atoms with van der Waals surface area (Å²) in [5.74, 6) is -2.48. The van der Waals surface area contributed by atoms with Crippen molar-refractivity contribution >= 4 is 11.0 Å². The van der Waals surface area contributed by atoms with Crippen LogP contribution in [0.2, 0.25) is 0 Å². The molecule has 2 aromatic carbocycles. The number of fused-ring (bicyclic) bond motifs is 1. The van der Waals surface area contributed by atoms with E-state index >= 15 is 0 Å². The van der Waals surface area contributed by atoms with E-state index in [1.54, 1.807) is 0 Å². The van der Waals surface area contributed by atoms with E-state index in [1.807, 2.05) is 0 Å². The van der Waals surface area contributed by atoms with Crippen LogP contribution in [0.4, 0.5) is 0 Å². The number of aliphatic hydroxyl groups is 15. The van der Waals surface area contributed by atoms with Crippen LogP contribution in [-0.4, -0.2) is 231 Å². The first-order valence-electron chi connectivity index (χ1n) is 20.1. The van der Waals surface area contributed by atoms with Crippen LogP contribution in [0, 0.1) is 0 Å². The summed E-state index contributed by atoms with van der Waals surface area (Å²) in [4.78, 5) is 14.4. The summed E-state index contributed by atoms with van der Waals surface area (Å²) in [6.45, 7) is -3.08. The molecule has 0 unspecified atom stereocenters. The lowest BCUT2D eigenvalue weighted by atomic mass is 9.98. The number of aromatic hydroxyl groups is 1. The Morgan fingerprint density at radius 1 is 0.477 bits per heavy atom. The van der Waals surface area contributed by atoms with Crippen molar-refractivity contribution in [1.29, 1.82) is 0 Å². The Bertz CT molecular complexity index is 2120. The fourth-order valence-electron chi connectivity index (χ4n) is 7.57. The average molecular weight is 935 g/mol. The Morgan fingerprint density at radius 3 is 1.38 bits per heavy atom. The first-order chi connectivity index (χ1) is 30.9. The SMILES string of the molecule is O=c1c(O[C@@H]2O[C@@H](CO[C@@H]3O[C@@H](CO)[C@H](O)[C@H](O)[C@H]3O)[C@H](O)[C@H](O)[C@@H]2O)c(-c2ccc(O[C@H]3O[C@@H](CO)[C@H](O)[C@H](O)[C@@H]3O)cc2)oc2cc(O[C@H]3O[C@@H](CO)[C@H](O)[C@H](O)[C@@H]3O)cc(O)c12. The number of hydrogen-bond donors (Lipinski definition) is 16. The van der Waals surface area contributed by atoms with Crippen molar-refractivity contribution in [2.75, 3.05) is 26.4 Å². The fourth-order valence-corrected chi connectivity index (χ4v) is 7.57. The predicted molar refractivity (Wildman–Crippen MR) is 205 cm³/mol. The maximum Gasteiger partial charge on any atom is 0.239 e. The average Bonchev–Trinajstić information content (AvgIpc) is 3.29. The molecule has 26 heteroatoms. The Kier molecular flexibility index (Phi) is 15.1. The monoisotopic (exact) mass is 934 g/mol. The van der Waals surface area contributed by atoms with Gasteiger partial charge in [-0.2, -0.15) is 0 Å². The molecule has 4 aliphatic rings. The number of benzene rings is 2. The highest BCUT2D eigenvalue weighted by molar-refractivity contribution is 5.88. The maximum absolute atomic E-state index is 14.4. The van der Waals surface area contributed by atoms with E-state index in [1.165, 1.54) is 24.3 Å². The fraction of sp³-hybridized carbons (Fsp3) is 0.615. The number of phenols is 1. The summed E-state index contributed by atoms with van der Waals surface area (Å²) in [5, 5.41) is 164. The zero-order valence-electron chi connectivity index (χ0n) is 33.6. The first-order valence-corrected chi connectivity index (χ1v) is 20.1. The Morgan fingerprint density at radius 2 is 0.892 bits per heavy atom. The van der Waals surface area contributed by atoms with E-state index in [0.29, 0.717) is 0 Å². The topological polar surface area (TPSA) is 428 Å². The Labute approximate surface area is 364 Å². The van der Waals surface area contributed by atoms with Crippen LogP contribution >= 0.6 is 0 Å². The molecule has 4 aliphatic heterocycles. The second kappa shape index (κ2) is 20.1. The van der Waals surface area contributed by atoms with Gasteiger partial charge in [0, 0.05) is 17.7 Å². The molecule has 4 saturated heterocycles. The van der Waals surface area contributed by atoms with Crippen LogP contribution in [0.3, 0.4) is 0 Å². The van der Waals surface area contributed by atoms with Gasteiger partial charge in [0.25, 0.3) is 0 Å². The van der Waals surface area contributed by atoms with Crippen molar-refractivity contribution < 1.29 is 124 Å². The summed E-state index contributed by atoms with van der Waals surface area (Å²) >= 11 is 0. The van der Waals surface area contributed by atoms with Crippen molar-refractivity contribution in [1.82, 2.24) is 0 Å². The van der Waals surface area contributed by atoms with Gasteiger partial charge < -0.3 is 124 Å². The minimum absolute atomic E-state index is 0.0201. The predicted octanol–water partition coefficient (Wildman–Crippen LogP) is -7.47. The molecule has 0 saturated carbocycles. The van der Waals surface area contributed by atoms with Crippen molar-refractivity contribution in [2.24, 2.45) is 0 Å². The van der Waals surface area contributed by atoms with Crippen LogP contribution in [0.25, 0.3) is 22.3 Å². The number of rotatable bonds is 13. The molecule has 26 nitrogen and oxygen atoms in total. The summed E-state index contributed by atoms with van der Waals surface area (Å²) in [6.07, 6.45) is -35.0. The van der Waals surface area contributed by atoms with Gasteiger partial charge >= 0.3 is 0 Å². The van der Waals surface area contributed by atoms with E-state index in [2.05, 4.69) is 0 Å².